The molecule has 0 radical (unpaired) electrons. The number of aliphatic hydroxyl groups is 1. The largest absolute Gasteiger partial charge is 0.480 e. The molecule has 15 nitrogen and oxygen atoms in total. The van der Waals surface area contributed by atoms with Crippen molar-refractivity contribution >= 4 is 35.6 Å². The molecule has 0 aliphatic heterocycles. The first-order valence-electron chi connectivity index (χ1n) is 9.67. The van der Waals surface area contributed by atoms with Crippen molar-refractivity contribution in [1.82, 2.24) is 16.0 Å². The molecule has 13 N–H and O–H groups in total. The highest BCUT2D eigenvalue weighted by Gasteiger charge is 2.32. The predicted molar refractivity (Wildman–Crippen MR) is 112 cm³/mol. The van der Waals surface area contributed by atoms with Crippen molar-refractivity contribution in [3.05, 3.63) is 0 Å². The summed E-state index contributed by atoms with van der Waals surface area (Å²) in [5.41, 5.74) is 21.1. The molecule has 0 rings (SSSR count). The Morgan fingerprint density at radius 3 is 1.88 bits per heavy atom. The van der Waals surface area contributed by atoms with Gasteiger partial charge in [0.1, 0.15) is 12.1 Å². The number of aliphatic imine (C=N–C) groups is 1. The zero-order chi connectivity index (χ0) is 25.0. The van der Waals surface area contributed by atoms with Crippen LogP contribution in [0.25, 0.3) is 0 Å². The van der Waals surface area contributed by atoms with Crippen molar-refractivity contribution in [3.8, 4) is 0 Å². The molecule has 0 aromatic heterocycles. The summed E-state index contributed by atoms with van der Waals surface area (Å²) in [5, 5.41) is 25.3. The number of nitrogens with zero attached hydrogens (tertiary/aromatic N) is 1. The minimum atomic E-state index is -1.69. The van der Waals surface area contributed by atoms with Gasteiger partial charge in [-0.1, -0.05) is 0 Å². The summed E-state index contributed by atoms with van der Waals surface area (Å²) in [7, 11) is 0. The number of primary amides is 1. The van der Waals surface area contributed by atoms with Crippen LogP contribution in [0.3, 0.4) is 0 Å². The normalized spacial score (nSPS) is 15.2. The fourth-order valence-corrected chi connectivity index (χ4v) is 2.40. The van der Waals surface area contributed by atoms with Gasteiger partial charge in [0.2, 0.25) is 23.6 Å². The molecule has 0 aliphatic carbocycles. The highest BCUT2D eigenvalue weighted by Crippen LogP contribution is 2.03. The van der Waals surface area contributed by atoms with Crippen LogP contribution in [0, 0.1) is 0 Å². The maximum absolute atomic E-state index is 12.7. The maximum atomic E-state index is 12.7. The highest BCUT2D eigenvalue weighted by molar-refractivity contribution is 5.96. The second kappa shape index (κ2) is 13.8. The number of nitrogens with two attached hydrogens (primary N) is 4. The fraction of sp³-hybridized carbons (Fsp3) is 0.647. The molecule has 0 heterocycles. The third-order valence-corrected chi connectivity index (χ3v) is 4.08. The lowest BCUT2D eigenvalue weighted by Crippen LogP contribution is -2.58. The standard InChI is InChI=1S/C17H32N8O7/c1-7(18)13(28)23-9(4-3-5-22-17(20)21)14(29)24-10(6-11(19)27)15(30)25-12(8(2)26)16(31)32/h7-10,12,26H,3-6,18H2,1-2H3,(H2,19,27)(H,23,28)(H,24,29)(H,25,30)(H,31,32)(H4,20,21,22). The van der Waals surface area contributed by atoms with Crippen LogP contribution in [0.2, 0.25) is 0 Å². The monoisotopic (exact) mass is 460 g/mol. The van der Waals surface area contributed by atoms with Gasteiger partial charge in [0.25, 0.3) is 0 Å². The van der Waals surface area contributed by atoms with E-state index in [9.17, 15) is 29.1 Å². The Balaban J connectivity index is 5.48. The van der Waals surface area contributed by atoms with Gasteiger partial charge in [-0.2, -0.15) is 0 Å². The smallest absolute Gasteiger partial charge is 0.328 e. The van der Waals surface area contributed by atoms with Gasteiger partial charge >= 0.3 is 5.97 Å². The average Bonchev–Trinajstić information content (AvgIpc) is 2.66. The Bertz CT molecular complexity index is 722. The van der Waals surface area contributed by atoms with E-state index in [4.69, 9.17) is 28.0 Å². The van der Waals surface area contributed by atoms with E-state index in [0.717, 1.165) is 6.92 Å². The van der Waals surface area contributed by atoms with Gasteiger partial charge in [-0.15, -0.1) is 0 Å². The molecule has 0 aromatic rings. The first-order chi connectivity index (χ1) is 14.8. The first-order valence-corrected chi connectivity index (χ1v) is 9.67. The van der Waals surface area contributed by atoms with E-state index in [1.165, 1.54) is 6.92 Å². The molecule has 15 heteroatoms. The van der Waals surface area contributed by atoms with Gasteiger partial charge < -0.3 is 49.1 Å². The average molecular weight is 460 g/mol. The highest BCUT2D eigenvalue weighted by atomic mass is 16.4. The number of rotatable bonds is 14. The predicted octanol–water partition coefficient (Wildman–Crippen LogP) is -4.82. The van der Waals surface area contributed by atoms with Gasteiger partial charge in [-0.05, 0) is 26.7 Å². The Morgan fingerprint density at radius 1 is 0.906 bits per heavy atom. The van der Waals surface area contributed by atoms with Crippen molar-refractivity contribution in [2.75, 3.05) is 6.54 Å². The summed E-state index contributed by atoms with van der Waals surface area (Å²) >= 11 is 0. The molecule has 5 atom stereocenters. The van der Waals surface area contributed by atoms with Crippen molar-refractivity contribution in [3.63, 3.8) is 0 Å². The number of guanidine groups is 1. The van der Waals surface area contributed by atoms with Crippen molar-refractivity contribution in [2.24, 2.45) is 27.9 Å². The Labute approximate surface area is 184 Å². The first kappa shape index (κ1) is 28.5. The van der Waals surface area contributed by atoms with Crippen LogP contribution in [-0.2, 0) is 24.0 Å². The van der Waals surface area contributed by atoms with Crippen LogP contribution in [0.1, 0.15) is 33.1 Å². The summed E-state index contributed by atoms with van der Waals surface area (Å²) in [5.74, 6) is -5.22. The summed E-state index contributed by atoms with van der Waals surface area (Å²) in [6.45, 7) is 2.69. The van der Waals surface area contributed by atoms with E-state index in [2.05, 4.69) is 15.6 Å². The van der Waals surface area contributed by atoms with E-state index >= 15 is 0 Å². The third kappa shape index (κ3) is 11.1. The lowest BCUT2D eigenvalue weighted by Gasteiger charge is -2.25. The quantitative estimate of drug-likeness (QED) is 0.0677. The van der Waals surface area contributed by atoms with Gasteiger partial charge in [-0.25, -0.2) is 4.79 Å². The fourth-order valence-electron chi connectivity index (χ4n) is 2.40. The van der Waals surface area contributed by atoms with Crippen molar-refractivity contribution in [1.29, 1.82) is 0 Å². The Kier molecular flexibility index (Phi) is 12.3. The van der Waals surface area contributed by atoms with Crippen LogP contribution in [-0.4, -0.2) is 82.6 Å². The molecular formula is C17H32N8O7. The molecule has 0 aliphatic rings. The SMILES string of the molecule is CC(N)C(=O)NC(CCCN=C(N)N)C(=O)NC(CC(N)=O)C(=O)NC(C(=O)O)C(C)O. The summed E-state index contributed by atoms with van der Waals surface area (Å²) in [4.78, 5) is 63.5. The number of hydrogen-bond acceptors (Lipinski definition) is 8. The number of nitrogens with one attached hydrogen (secondary N) is 3. The molecule has 0 saturated carbocycles. The van der Waals surface area contributed by atoms with Crippen molar-refractivity contribution < 1.29 is 34.2 Å². The number of aliphatic carboxylic acids is 1. The molecule has 0 spiro atoms. The topological polar surface area (TPSA) is 278 Å². The second-order valence-electron chi connectivity index (χ2n) is 7.10. The minimum absolute atomic E-state index is 0.0530. The van der Waals surface area contributed by atoms with Crippen molar-refractivity contribution in [2.45, 2.75) is 63.4 Å². The molecule has 0 bridgehead atoms. The second-order valence-corrected chi connectivity index (χ2v) is 7.10. The summed E-state index contributed by atoms with van der Waals surface area (Å²) in [6.07, 6.45) is -1.80. The zero-order valence-electron chi connectivity index (χ0n) is 17.9. The number of amides is 4. The molecule has 0 saturated heterocycles. The minimum Gasteiger partial charge on any atom is -0.480 e. The number of carboxylic acid groups (broad SMARTS) is 1. The maximum Gasteiger partial charge on any atom is 0.328 e. The lowest BCUT2D eigenvalue weighted by molar-refractivity contribution is -0.145. The molecule has 5 unspecified atom stereocenters. The van der Waals surface area contributed by atoms with Gasteiger partial charge in [0, 0.05) is 6.54 Å². The van der Waals surface area contributed by atoms with Crippen LogP contribution in [0.4, 0.5) is 0 Å². The molecule has 0 fully saturated rings. The molecule has 182 valence electrons. The van der Waals surface area contributed by atoms with Gasteiger partial charge in [-0.3, -0.25) is 24.2 Å². The van der Waals surface area contributed by atoms with E-state index in [1.807, 2.05) is 5.32 Å². The van der Waals surface area contributed by atoms with E-state index < -0.39 is 66.3 Å². The zero-order valence-corrected chi connectivity index (χ0v) is 17.9. The van der Waals surface area contributed by atoms with Crippen LogP contribution in [0.5, 0.6) is 0 Å². The summed E-state index contributed by atoms with van der Waals surface area (Å²) < 4.78 is 0. The molecule has 32 heavy (non-hydrogen) atoms. The van der Waals surface area contributed by atoms with Crippen LogP contribution >= 0.6 is 0 Å². The molecule has 0 aromatic carbocycles. The number of carbonyl (C=O) groups excluding carboxylic acids is 4. The lowest BCUT2D eigenvalue weighted by atomic mass is 10.1. The van der Waals surface area contributed by atoms with E-state index in [1.54, 1.807) is 0 Å². The van der Waals surface area contributed by atoms with Crippen LogP contribution in [0.15, 0.2) is 4.99 Å². The van der Waals surface area contributed by atoms with Crippen LogP contribution < -0.4 is 38.9 Å². The number of carboxylic acids is 1. The Hall–Kier alpha value is -3.46. The molecule has 4 amide bonds. The van der Waals surface area contributed by atoms with E-state index in [0.29, 0.717) is 0 Å². The Morgan fingerprint density at radius 2 is 1.44 bits per heavy atom. The van der Waals surface area contributed by atoms with Gasteiger partial charge in [0.15, 0.2) is 12.0 Å². The number of aliphatic hydroxyl groups excluding tert-OH is 1. The molecular weight excluding hydrogens is 428 g/mol. The van der Waals surface area contributed by atoms with E-state index in [-0.39, 0.29) is 25.3 Å². The number of hydrogen-bond donors (Lipinski definition) is 9. The summed E-state index contributed by atoms with van der Waals surface area (Å²) in [6, 6.07) is -5.36. The number of carbonyl (C=O) groups is 5. The van der Waals surface area contributed by atoms with Gasteiger partial charge in [0.05, 0.1) is 18.6 Å². The third-order valence-electron chi connectivity index (χ3n) is 4.08.